The van der Waals surface area contributed by atoms with Crippen molar-refractivity contribution < 1.29 is 14.6 Å². The number of rotatable bonds is 5. The number of ether oxygens (including phenoxy) is 1. The second-order valence-electron chi connectivity index (χ2n) is 5.29. The fourth-order valence-electron chi connectivity index (χ4n) is 2.24. The molecule has 8 heteroatoms. The molecule has 0 spiro atoms. The van der Waals surface area contributed by atoms with Crippen LogP contribution in [0.25, 0.3) is 11.3 Å². The number of methoxy groups -OCH3 is 1. The molecule has 0 aliphatic carbocycles. The van der Waals surface area contributed by atoms with Crippen molar-refractivity contribution in [2.45, 2.75) is 0 Å². The van der Waals surface area contributed by atoms with E-state index in [1.807, 2.05) is 52.9 Å². The van der Waals surface area contributed by atoms with Crippen molar-refractivity contribution >= 4 is 34.7 Å². The lowest BCUT2D eigenvalue weighted by Crippen LogP contribution is -2.18. The van der Waals surface area contributed by atoms with Gasteiger partial charge in [0.05, 0.1) is 22.6 Å². The minimum atomic E-state index is -0.406. The second kappa shape index (κ2) is 8.00. The molecule has 1 aromatic heterocycles. The Kier molecular flexibility index (Phi) is 5.52. The Bertz CT molecular complexity index is 954. The molecule has 1 heterocycles. The third kappa shape index (κ3) is 4.02. The Morgan fingerprint density at radius 3 is 2.81 bits per heavy atom. The summed E-state index contributed by atoms with van der Waals surface area (Å²) < 4.78 is 5.71. The number of hydrogen-bond acceptors (Lipinski definition) is 5. The van der Waals surface area contributed by atoms with Crippen LogP contribution in [0.2, 0.25) is 0 Å². The molecule has 2 aromatic carbocycles. The summed E-state index contributed by atoms with van der Waals surface area (Å²) in [7, 11) is 1.47. The molecular weight excluding hydrogens is 447 g/mol. The number of nitrogens with one attached hydrogen (secondary N) is 2. The number of nitrogens with zero attached hydrogens (tertiary/aromatic N) is 2. The van der Waals surface area contributed by atoms with Gasteiger partial charge in [0.1, 0.15) is 5.69 Å². The first kappa shape index (κ1) is 17.9. The fraction of sp³-hybridized carbons (Fsp3) is 0.0556. The van der Waals surface area contributed by atoms with Crippen LogP contribution >= 0.6 is 22.6 Å². The van der Waals surface area contributed by atoms with Gasteiger partial charge in [0.25, 0.3) is 5.91 Å². The standard InChI is InChI=1S/C18H15IN4O3/c1-26-16-8-11(7-13(19)17(16)24)10-20-23-18(25)15-9-14(21-22-15)12-5-3-2-4-6-12/h2-10,24H,1H3,(H,21,22)(H,23,25)/b20-10-. The van der Waals surface area contributed by atoms with Gasteiger partial charge in [-0.15, -0.1) is 0 Å². The van der Waals surface area contributed by atoms with Gasteiger partial charge in [0.15, 0.2) is 11.5 Å². The summed E-state index contributed by atoms with van der Waals surface area (Å²) in [6, 6.07) is 14.5. The van der Waals surface area contributed by atoms with Gasteiger partial charge in [0.2, 0.25) is 0 Å². The molecule has 0 atom stereocenters. The SMILES string of the molecule is COc1cc(/C=N\NC(=O)c2cc(-c3ccccc3)n[nH]2)cc(I)c1O. The van der Waals surface area contributed by atoms with Gasteiger partial charge in [-0.2, -0.15) is 10.2 Å². The Morgan fingerprint density at radius 2 is 2.08 bits per heavy atom. The first-order valence-electron chi connectivity index (χ1n) is 7.59. The number of aromatic hydroxyl groups is 1. The molecule has 3 rings (SSSR count). The Labute approximate surface area is 163 Å². The lowest BCUT2D eigenvalue weighted by Gasteiger charge is -2.06. The summed E-state index contributed by atoms with van der Waals surface area (Å²) in [5, 5.41) is 20.6. The molecule has 0 saturated heterocycles. The highest BCUT2D eigenvalue weighted by Gasteiger charge is 2.10. The molecule has 0 fully saturated rings. The maximum absolute atomic E-state index is 12.2. The first-order chi connectivity index (χ1) is 12.6. The van der Waals surface area contributed by atoms with E-state index in [1.54, 1.807) is 18.2 Å². The number of aromatic amines is 1. The summed E-state index contributed by atoms with van der Waals surface area (Å²) >= 11 is 1.99. The van der Waals surface area contributed by atoms with E-state index >= 15 is 0 Å². The molecule has 7 nitrogen and oxygen atoms in total. The van der Waals surface area contributed by atoms with Crippen LogP contribution in [0.15, 0.2) is 53.6 Å². The molecule has 0 saturated carbocycles. The number of phenolic OH excluding ortho intramolecular Hbond substituents is 1. The predicted molar refractivity (Wildman–Crippen MR) is 106 cm³/mol. The number of carbonyl (C=O) groups excluding carboxylic acids is 1. The van der Waals surface area contributed by atoms with E-state index in [2.05, 4.69) is 20.7 Å². The van der Waals surface area contributed by atoms with E-state index in [9.17, 15) is 9.90 Å². The van der Waals surface area contributed by atoms with Crippen molar-refractivity contribution in [2.24, 2.45) is 5.10 Å². The summed E-state index contributed by atoms with van der Waals surface area (Å²) in [6.07, 6.45) is 1.47. The van der Waals surface area contributed by atoms with Crippen LogP contribution in [0.5, 0.6) is 11.5 Å². The van der Waals surface area contributed by atoms with E-state index in [-0.39, 0.29) is 5.75 Å². The van der Waals surface area contributed by atoms with Crippen LogP contribution in [0, 0.1) is 3.57 Å². The van der Waals surface area contributed by atoms with Crippen molar-refractivity contribution in [3.63, 3.8) is 0 Å². The number of phenols is 1. The molecular formula is C18H15IN4O3. The monoisotopic (exact) mass is 462 g/mol. The normalized spacial score (nSPS) is 10.8. The highest BCUT2D eigenvalue weighted by molar-refractivity contribution is 14.1. The van der Waals surface area contributed by atoms with Crippen molar-refractivity contribution in [3.8, 4) is 22.8 Å². The smallest absolute Gasteiger partial charge is 0.289 e. The van der Waals surface area contributed by atoms with Gasteiger partial charge in [-0.1, -0.05) is 30.3 Å². The summed E-state index contributed by atoms with van der Waals surface area (Å²) in [4.78, 5) is 12.2. The van der Waals surface area contributed by atoms with Crippen LogP contribution in [0.4, 0.5) is 0 Å². The molecule has 1 amide bonds. The van der Waals surface area contributed by atoms with Gasteiger partial charge < -0.3 is 9.84 Å². The number of halogens is 1. The number of amides is 1. The Balaban J connectivity index is 1.69. The van der Waals surface area contributed by atoms with E-state index in [0.29, 0.717) is 26.3 Å². The Hall–Kier alpha value is -2.88. The van der Waals surface area contributed by atoms with Crippen molar-refractivity contribution in [2.75, 3.05) is 7.11 Å². The number of hydrogen-bond donors (Lipinski definition) is 3. The lowest BCUT2D eigenvalue weighted by atomic mass is 10.1. The molecule has 3 N–H and O–H groups in total. The average molecular weight is 462 g/mol. The van der Waals surface area contributed by atoms with Crippen LogP contribution in [0.1, 0.15) is 16.1 Å². The molecule has 132 valence electrons. The van der Waals surface area contributed by atoms with Crippen LogP contribution in [0.3, 0.4) is 0 Å². The van der Waals surface area contributed by atoms with Gasteiger partial charge in [-0.3, -0.25) is 9.89 Å². The minimum Gasteiger partial charge on any atom is -0.504 e. The van der Waals surface area contributed by atoms with Gasteiger partial charge in [0, 0.05) is 5.56 Å². The van der Waals surface area contributed by atoms with Gasteiger partial charge >= 0.3 is 0 Å². The average Bonchev–Trinajstić information content (AvgIpc) is 3.15. The van der Waals surface area contributed by atoms with Crippen LogP contribution in [-0.4, -0.2) is 34.5 Å². The highest BCUT2D eigenvalue weighted by Crippen LogP contribution is 2.31. The largest absolute Gasteiger partial charge is 0.504 e. The molecule has 0 radical (unpaired) electrons. The van der Waals surface area contributed by atoms with Crippen LogP contribution in [-0.2, 0) is 0 Å². The van der Waals surface area contributed by atoms with Crippen molar-refractivity contribution in [1.29, 1.82) is 0 Å². The summed E-state index contributed by atoms with van der Waals surface area (Å²) in [5.74, 6) is 0.00213. The van der Waals surface area contributed by atoms with E-state index < -0.39 is 5.91 Å². The first-order valence-corrected chi connectivity index (χ1v) is 8.67. The van der Waals surface area contributed by atoms with E-state index in [1.165, 1.54) is 13.3 Å². The third-order valence-electron chi connectivity index (χ3n) is 3.54. The van der Waals surface area contributed by atoms with E-state index in [0.717, 1.165) is 5.56 Å². The number of carbonyl (C=O) groups is 1. The number of H-pyrrole nitrogens is 1. The molecule has 3 aromatic rings. The zero-order valence-electron chi connectivity index (χ0n) is 13.7. The lowest BCUT2D eigenvalue weighted by molar-refractivity contribution is 0.0950. The summed E-state index contributed by atoms with van der Waals surface area (Å²) in [5.41, 5.74) is 5.01. The second-order valence-corrected chi connectivity index (χ2v) is 6.45. The Morgan fingerprint density at radius 1 is 1.31 bits per heavy atom. The maximum atomic E-state index is 12.2. The predicted octanol–water partition coefficient (Wildman–Crippen LogP) is 3.16. The number of benzene rings is 2. The molecule has 26 heavy (non-hydrogen) atoms. The fourth-order valence-corrected chi connectivity index (χ4v) is 2.87. The number of aromatic nitrogens is 2. The highest BCUT2D eigenvalue weighted by atomic mass is 127. The topological polar surface area (TPSA) is 99.6 Å². The zero-order valence-corrected chi connectivity index (χ0v) is 15.9. The van der Waals surface area contributed by atoms with Crippen molar-refractivity contribution in [1.82, 2.24) is 15.6 Å². The van der Waals surface area contributed by atoms with Gasteiger partial charge in [-0.05, 0) is 46.4 Å². The molecule has 0 aliphatic rings. The van der Waals surface area contributed by atoms with Crippen molar-refractivity contribution in [3.05, 3.63) is 63.4 Å². The maximum Gasteiger partial charge on any atom is 0.289 e. The molecule has 0 bridgehead atoms. The quantitative estimate of drug-likeness (QED) is 0.308. The molecule has 0 unspecified atom stereocenters. The molecule has 0 aliphatic heterocycles. The zero-order chi connectivity index (χ0) is 18.5. The van der Waals surface area contributed by atoms with Crippen LogP contribution < -0.4 is 10.2 Å². The minimum absolute atomic E-state index is 0.0696. The van der Waals surface area contributed by atoms with Gasteiger partial charge in [-0.25, -0.2) is 5.43 Å². The summed E-state index contributed by atoms with van der Waals surface area (Å²) in [6.45, 7) is 0. The van der Waals surface area contributed by atoms with E-state index in [4.69, 9.17) is 4.74 Å². The third-order valence-corrected chi connectivity index (χ3v) is 4.36. The number of hydrazone groups is 1.